The molecule has 0 aliphatic carbocycles. The fourth-order valence-electron chi connectivity index (χ4n) is 2.84. The third-order valence-electron chi connectivity index (χ3n) is 4.33. The minimum Gasteiger partial charge on any atom is -0.490 e. The highest BCUT2D eigenvalue weighted by Crippen LogP contribution is 2.30. The zero-order valence-electron chi connectivity index (χ0n) is 17.3. The van der Waals surface area contributed by atoms with E-state index in [9.17, 15) is 14.4 Å². The maximum absolute atomic E-state index is 13.4. The van der Waals surface area contributed by atoms with Crippen LogP contribution in [0.25, 0.3) is 6.08 Å². The number of hydrogen-bond donors (Lipinski definition) is 1. The third-order valence-corrected chi connectivity index (χ3v) is 4.86. The van der Waals surface area contributed by atoms with Crippen molar-refractivity contribution in [2.45, 2.75) is 13.5 Å². The first-order valence-corrected chi connectivity index (χ1v) is 10.6. The highest BCUT2D eigenvalue weighted by atomic mass is 79.9. The topological polar surface area (TPSA) is 71.3 Å². The summed E-state index contributed by atoms with van der Waals surface area (Å²) in [5, 5.41) is 12.2. The van der Waals surface area contributed by atoms with Gasteiger partial charge in [-0.15, -0.1) is 0 Å². The van der Waals surface area contributed by atoms with Gasteiger partial charge in [0.25, 0.3) is 5.91 Å². The minimum atomic E-state index is -0.515. The van der Waals surface area contributed by atoms with E-state index in [1.54, 1.807) is 54.6 Å². The van der Waals surface area contributed by atoms with E-state index in [1.807, 2.05) is 13.0 Å². The number of carbonyl (C=O) groups excluding carboxylic acids is 1. The Bertz CT molecular complexity index is 1170. The predicted molar refractivity (Wildman–Crippen MR) is 125 cm³/mol. The van der Waals surface area contributed by atoms with Gasteiger partial charge in [-0.25, -0.2) is 4.39 Å². The van der Waals surface area contributed by atoms with Crippen LogP contribution in [0.4, 0.5) is 10.1 Å². The lowest BCUT2D eigenvalue weighted by Gasteiger charge is -2.13. The summed E-state index contributed by atoms with van der Waals surface area (Å²) in [6.45, 7) is 2.41. The van der Waals surface area contributed by atoms with Gasteiger partial charge in [0.1, 0.15) is 24.1 Å². The lowest BCUT2D eigenvalue weighted by molar-refractivity contribution is -0.112. The molecule has 0 saturated carbocycles. The normalized spacial score (nSPS) is 10.9. The summed E-state index contributed by atoms with van der Waals surface area (Å²) in [6.07, 6.45) is 1.48. The molecule has 0 spiro atoms. The molecule has 162 valence electrons. The van der Waals surface area contributed by atoms with E-state index in [1.165, 1.54) is 18.2 Å². The Kier molecular flexibility index (Phi) is 8.01. The van der Waals surface area contributed by atoms with Crippen molar-refractivity contribution in [2.75, 3.05) is 11.9 Å². The number of halogens is 2. The van der Waals surface area contributed by atoms with Gasteiger partial charge in [-0.1, -0.05) is 34.1 Å². The lowest BCUT2D eigenvalue weighted by atomic mass is 10.1. The number of carbonyl (C=O) groups is 1. The fourth-order valence-corrected chi connectivity index (χ4v) is 3.10. The van der Waals surface area contributed by atoms with E-state index in [0.29, 0.717) is 34.9 Å². The molecule has 0 heterocycles. The van der Waals surface area contributed by atoms with Crippen LogP contribution in [-0.2, 0) is 11.4 Å². The largest absolute Gasteiger partial charge is 0.490 e. The minimum absolute atomic E-state index is 0.0520. The number of nitriles is 1. The number of amides is 1. The first kappa shape index (κ1) is 23.0. The van der Waals surface area contributed by atoms with Gasteiger partial charge in [0, 0.05) is 10.2 Å². The van der Waals surface area contributed by atoms with Crippen LogP contribution in [0.15, 0.2) is 76.8 Å². The number of anilines is 1. The standard InChI is InChI=1S/C25H20BrFN2O3/c1-2-31-24-14-17(6-11-23(24)32-16-18-4-3-5-21(27)13-18)12-19(15-28)25(30)29-22-9-7-20(26)8-10-22/h3-14H,2,16H2,1H3,(H,29,30)/b19-12-. The molecule has 5 nitrogen and oxygen atoms in total. The molecule has 3 aromatic carbocycles. The van der Waals surface area contributed by atoms with Crippen LogP contribution >= 0.6 is 15.9 Å². The zero-order valence-corrected chi connectivity index (χ0v) is 18.9. The second-order valence-corrected chi connectivity index (χ2v) is 7.60. The Morgan fingerprint density at radius 1 is 1.09 bits per heavy atom. The molecule has 0 unspecified atom stereocenters. The Labute approximate surface area is 194 Å². The van der Waals surface area contributed by atoms with Gasteiger partial charge >= 0.3 is 0 Å². The first-order chi connectivity index (χ1) is 15.5. The lowest BCUT2D eigenvalue weighted by Crippen LogP contribution is -2.13. The van der Waals surface area contributed by atoms with Crippen molar-refractivity contribution in [1.82, 2.24) is 0 Å². The molecule has 0 radical (unpaired) electrons. The molecule has 0 saturated heterocycles. The smallest absolute Gasteiger partial charge is 0.266 e. The van der Waals surface area contributed by atoms with Gasteiger partial charge in [-0.2, -0.15) is 5.26 Å². The predicted octanol–water partition coefficient (Wildman–Crippen LogP) is 6.11. The second-order valence-electron chi connectivity index (χ2n) is 6.69. The highest BCUT2D eigenvalue weighted by molar-refractivity contribution is 9.10. The monoisotopic (exact) mass is 494 g/mol. The van der Waals surface area contributed by atoms with Gasteiger partial charge < -0.3 is 14.8 Å². The van der Waals surface area contributed by atoms with Crippen LogP contribution in [0.2, 0.25) is 0 Å². The third kappa shape index (κ3) is 6.43. The number of benzene rings is 3. The molecule has 7 heteroatoms. The second kappa shape index (κ2) is 11.1. The Morgan fingerprint density at radius 2 is 1.88 bits per heavy atom. The summed E-state index contributed by atoms with van der Waals surface area (Å²) < 4.78 is 25.7. The molecule has 0 aliphatic heterocycles. The van der Waals surface area contributed by atoms with Crippen molar-refractivity contribution in [3.63, 3.8) is 0 Å². The summed E-state index contributed by atoms with van der Waals surface area (Å²) in [4.78, 5) is 12.5. The van der Waals surface area contributed by atoms with E-state index >= 15 is 0 Å². The molecule has 3 aromatic rings. The molecule has 0 aliphatic rings. The Hall–Kier alpha value is -3.63. The van der Waals surface area contributed by atoms with Gasteiger partial charge in [-0.3, -0.25) is 4.79 Å². The molecule has 0 aromatic heterocycles. The number of nitrogens with one attached hydrogen (secondary N) is 1. The van der Waals surface area contributed by atoms with E-state index in [2.05, 4.69) is 21.2 Å². The van der Waals surface area contributed by atoms with Gasteiger partial charge in [0.15, 0.2) is 11.5 Å². The van der Waals surface area contributed by atoms with Crippen LogP contribution in [0.3, 0.4) is 0 Å². The summed E-state index contributed by atoms with van der Waals surface area (Å²) in [6, 6.07) is 20.2. The average molecular weight is 495 g/mol. The van der Waals surface area contributed by atoms with Crippen LogP contribution in [0.5, 0.6) is 11.5 Å². The van der Waals surface area contributed by atoms with Crippen molar-refractivity contribution in [3.8, 4) is 17.6 Å². The quantitative estimate of drug-likeness (QED) is 0.302. The van der Waals surface area contributed by atoms with Crippen molar-refractivity contribution < 1.29 is 18.7 Å². The van der Waals surface area contributed by atoms with Crippen LogP contribution in [0, 0.1) is 17.1 Å². The molecule has 1 N–H and O–H groups in total. The average Bonchev–Trinajstić information content (AvgIpc) is 2.78. The molecule has 0 atom stereocenters. The number of rotatable bonds is 8. The Balaban J connectivity index is 1.77. The molecular formula is C25H20BrFN2O3. The van der Waals surface area contributed by atoms with Crippen molar-refractivity contribution in [2.24, 2.45) is 0 Å². The molecule has 32 heavy (non-hydrogen) atoms. The fraction of sp³-hybridized carbons (Fsp3) is 0.120. The zero-order chi connectivity index (χ0) is 22.9. The molecule has 0 bridgehead atoms. The molecule has 0 fully saturated rings. The van der Waals surface area contributed by atoms with E-state index in [4.69, 9.17) is 9.47 Å². The van der Waals surface area contributed by atoms with E-state index in [0.717, 1.165) is 4.47 Å². The van der Waals surface area contributed by atoms with Gasteiger partial charge in [0.05, 0.1) is 6.61 Å². The van der Waals surface area contributed by atoms with E-state index in [-0.39, 0.29) is 18.0 Å². The highest BCUT2D eigenvalue weighted by Gasteiger charge is 2.12. The van der Waals surface area contributed by atoms with Crippen LogP contribution in [0.1, 0.15) is 18.1 Å². The van der Waals surface area contributed by atoms with Crippen molar-refractivity contribution >= 4 is 33.6 Å². The number of nitrogens with zero attached hydrogens (tertiary/aromatic N) is 1. The number of ether oxygens (including phenoxy) is 2. The van der Waals surface area contributed by atoms with Crippen LogP contribution in [-0.4, -0.2) is 12.5 Å². The molecule has 1 amide bonds. The molecule has 3 rings (SSSR count). The summed E-state index contributed by atoms with van der Waals surface area (Å²) in [5.74, 6) is 0.0932. The number of hydrogen-bond acceptors (Lipinski definition) is 4. The van der Waals surface area contributed by atoms with Gasteiger partial charge in [-0.05, 0) is 72.7 Å². The summed E-state index contributed by atoms with van der Waals surface area (Å²) >= 11 is 3.34. The SMILES string of the molecule is CCOc1cc(/C=C(/C#N)C(=O)Nc2ccc(Br)cc2)ccc1OCc1cccc(F)c1. The van der Waals surface area contributed by atoms with Gasteiger partial charge in [0.2, 0.25) is 0 Å². The first-order valence-electron chi connectivity index (χ1n) is 9.81. The van der Waals surface area contributed by atoms with E-state index < -0.39 is 5.91 Å². The Morgan fingerprint density at radius 3 is 2.56 bits per heavy atom. The molecular weight excluding hydrogens is 475 g/mol. The van der Waals surface area contributed by atoms with Crippen molar-refractivity contribution in [1.29, 1.82) is 5.26 Å². The maximum Gasteiger partial charge on any atom is 0.266 e. The van der Waals surface area contributed by atoms with Crippen LogP contribution < -0.4 is 14.8 Å². The summed E-state index contributed by atoms with van der Waals surface area (Å²) in [5.41, 5.74) is 1.82. The maximum atomic E-state index is 13.4. The summed E-state index contributed by atoms with van der Waals surface area (Å²) in [7, 11) is 0. The van der Waals surface area contributed by atoms with Crippen molar-refractivity contribution in [3.05, 3.63) is 93.7 Å².